The normalized spacial score (nSPS) is 5.20. The Morgan fingerprint density at radius 1 is 1.80 bits per heavy atom. The zero-order valence-corrected chi connectivity index (χ0v) is 5.68. The summed E-state index contributed by atoms with van der Waals surface area (Å²) in [7, 11) is 0. The fraction of sp³-hybridized carbons (Fsp3) is 0.333. The van der Waals surface area contributed by atoms with Crippen LogP contribution < -0.4 is 0 Å². The summed E-state index contributed by atoms with van der Waals surface area (Å²) in [6.07, 6.45) is 1.85. The van der Waals surface area contributed by atoms with Crippen LogP contribution in [0.15, 0.2) is 12.7 Å². The molecule has 0 unspecified atom stereocenters. The third-order valence-electron chi connectivity index (χ3n) is 0.0870. The van der Waals surface area contributed by atoms with Gasteiger partial charge in [0.15, 0.2) is 0 Å². The van der Waals surface area contributed by atoms with Crippen LogP contribution >= 0.6 is 12.4 Å². The van der Waals surface area contributed by atoms with Gasteiger partial charge in [-0.05, 0) is 0 Å². The molecule has 36 valence electrons. The van der Waals surface area contributed by atoms with Crippen LogP contribution in [0.5, 0.6) is 0 Å². The van der Waals surface area contributed by atoms with Crippen molar-refractivity contribution in [3.8, 4) is 0 Å². The summed E-state index contributed by atoms with van der Waals surface area (Å²) in [6.45, 7) is 3.47. The quantitative estimate of drug-likeness (QED) is 0.503. The predicted molar refractivity (Wildman–Crippen MR) is 22.3 cm³/mol. The molecule has 0 nitrogen and oxygen atoms in total. The smallest absolute Gasteiger partial charge is 0.147 e. The van der Waals surface area contributed by atoms with Crippen LogP contribution in [0.25, 0.3) is 0 Å². The predicted octanol–water partition coefficient (Wildman–Crippen LogP) is 1.56. The molecule has 0 spiro atoms. The summed E-state index contributed by atoms with van der Waals surface area (Å²) < 4.78 is 1.03. The molecule has 2 heteroatoms. The van der Waals surface area contributed by atoms with Gasteiger partial charge in [-0.3, -0.25) is 0 Å². The van der Waals surface area contributed by atoms with E-state index in [1.165, 1.54) is 0 Å². The Hall–Kier alpha value is 0.770. The monoisotopic (exact) mass is 274 g/mol. The summed E-state index contributed by atoms with van der Waals surface area (Å²) >= 11 is 2.38. The van der Waals surface area contributed by atoms with Crippen molar-refractivity contribution < 1.29 is 21.1 Å². The van der Waals surface area contributed by atoms with Crippen molar-refractivity contribution in [3.63, 3.8) is 0 Å². The molecule has 0 aromatic rings. The van der Waals surface area contributed by atoms with Crippen molar-refractivity contribution in [2.24, 2.45) is 0 Å². The number of allylic oxidation sites excluding steroid dienone is 1. The first-order valence-electron chi connectivity index (χ1n) is 1.03. The fourth-order valence-electron chi connectivity index (χ4n) is 0. The molecule has 0 saturated heterocycles. The van der Waals surface area contributed by atoms with E-state index < -0.39 is 0 Å². The van der Waals surface area contributed by atoms with Crippen molar-refractivity contribution in [2.75, 3.05) is 0 Å². The number of hydrogen-bond donors (Lipinski definition) is 0. The number of rotatable bonds is 1. The van der Waals surface area contributed by atoms with Gasteiger partial charge in [-0.2, -0.15) is 0 Å². The first kappa shape index (κ1) is 9.24. The van der Waals surface area contributed by atoms with Gasteiger partial charge in [0.25, 0.3) is 0 Å². The van der Waals surface area contributed by atoms with Gasteiger partial charge in [0.05, 0.1) is 0 Å². The van der Waals surface area contributed by atoms with Crippen LogP contribution in [0.4, 0.5) is 0 Å². The van der Waals surface area contributed by atoms with E-state index in [4.69, 9.17) is 0 Å². The molecule has 0 heterocycles. The summed E-state index contributed by atoms with van der Waals surface area (Å²) in [4.78, 5) is 0. The molecular weight excluding hydrogens is 268 g/mol. The average molecular weight is 275 g/mol. The molecule has 0 aliphatic rings. The minimum atomic E-state index is 0. The molecular formula is C3H6AuCl. The van der Waals surface area contributed by atoms with Gasteiger partial charge >= 0.3 is 38.4 Å². The molecule has 0 rings (SSSR count). The van der Waals surface area contributed by atoms with Crippen LogP contribution in [-0.2, 0) is 21.1 Å². The Morgan fingerprint density at radius 2 is 2.00 bits per heavy atom. The third-order valence-corrected chi connectivity index (χ3v) is 0.712. The van der Waals surface area contributed by atoms with Gasteiger partial charge in [-0.15, -0.1) is 12.4 Å². The topological polar surface area (TPSA) is 0 Å². The molecule has 0 aromatic heterocycles. The standard InChI is InChI=1S/C3H5.Au.ClH/c1-3-2;;/h3H,1-2H2;;1H. The first-order chi connectivity index (χ1) is 1.91. The van der Waals surface area contributed by atoms with Gasteiger partial charge in [0, 0.05) is 0 Å². The second kappa shape index (κ2) is 8.84. The van der Waals surface area contributed by atoms with Gasteiger partial charge in [0.1, 0.15) is 0 Å². The second-order valence-electron chi connectivity index (χ2n) is 0.412. The second-order valence-corrected chi connectivity index (χ2v) is 1.30. The van der Waals surface area contributed by atoms with E-state index in [-0.39, 0.29) is 12.4 Å². The van der Waals surface area contributed by atoms with E-state index in [2.05, 4.69) is 27.6 Å². The maximum Gasteiger partial charge on any atom is -0.147 e. The van der Waals surface area contributed by atoms with Crippen molar-refractivity contribution in [2.45, 2.75) is 4.64 Å². The van der Waals surface area contributed by atoms with E-state index in [0.717, 1.165) is 4.64 Å². The molecule has 5 heavy (non-hydrogen) atoms. The molecule has 0 saturated carbocycles. The molecule has 0 fully saturated rings. The minimum Gasteiger partial charge on any atom is -0.147 e. The van der Waals surface area contributed by atoms with E-state index in [1.54, 1.807) is 0 Å². The molecule has 0 N–H and O–H groups in total. The molecule has 0 aliphatic heterocycles. The molecule has 0 radical (unpaired) electrons. The Kier molecular flexibility index (Phi) is 16.3. The van der Waals surface area contributed by atoms with E-state index in [1.807, 2.05) is 6.08 Å². The van der Waals surface area contributed by atoms with Crippen LogP contribution in [0.1, 0.15) is 0 Å². The van der Waals surface area contributed by atoms with Crippen molar-refractivity contribution in [3.05, 3.63) is 12.7 Å². The van der Waals surface area contributed by atoms with Gasteiger partial charge in [-0.1, -0.05) is 0 Å². The summed E-state index contributed by atoms with van der Waals surface area (Å²) in [6, 6.07) is 0. The number of hydrogen-bond acceptors (Lipinski definition) is 0. The van der Waals surface area contributed by atoms with Crippen LogP contribution in [-0.4, -0.2) is 0 Å². The Balaban J connectivity index is 0. The number of halogens is 1. The average Bonchev–Trinajstić information content (AvgIpc) is 1.37. The van der Waals surface area contributed by atoms with E-state index in [9.17, 15) is 0 Å². The molecule has 0 aromatic carbocycles. The SMILES string of the molecule is C=C[CH2][Au].Cl. The van der Waals surface area contributed by atoms with E-state index >= 15 is 0 Å². The fourth-order valence-corrected chi connectivity index (χ4v) is 0. The molecule has 0 aliphatic carbocycles. The van der Waals surface area contributed by atoms with Crippen molar-refractivity contribution in [1.82, 2.24) is 0 Å². The van der Waals surface area contributed by atoms with Crippen LogP contribution in [0, 0.1) is 0 Å². The summed E-state index contributed by atoms with van der Waals surface area (Å²) in [5, 5.41) is 0. The van der Waals surface area contributed by atoms with Crippen molar-refractivity contribution in [1.29, 1.82) is 0 Å². The van der Waals surface area contributed by atoms with Gasteiger partial charge < -0.3 is 0 Å². The van der Waals surface area contributed by atoms with Gasteiger partial charge in [0.2, 0.25) is 0 Å². The third kappa shape index (κ3) is 11.7. The summed E-state index contributed by atoms with van der Waals surface area (Å²) in [5.41, 5.74) is 0. The molecule has 0 bridgehead atoms. The van der Waals surface area contributed by atoms with Crippen molar-refractivity contribution >= 4 is 12.4 Å². The minimum absolute atomic E-state index is 0. The zero-order valence-electron chi connectivity index (χ0n) is 2.70. The molecule has 0 amide bonds. The maximum atomic E-state index is 3.47. The zero-order chi connectivity index (χ0) is 3.41. The van der Waals surface area contributed by atoms with Crippen LogP contribution in [0.2, 0.25) is 4.64 Å². The summed E-state index contributed by atoms with van der Waals surface area (Å²) in [5.74, 6) is 0. The first-order valence-corrected chi connectivity index (χ1v) is 2.56. The Morgan fingerprint density at radius 3 is 2.00 bits per heavy atom. The Bertz CT molecular complexity index is 20.9. The Labute approximate surface area is 51.0 Å². The van der Waals surface area contributed by atoms with Crippen LogP contribution in [0.3, 0.4) is 0 Å². The molecule has 0 atom stereocenters. The largest absolute Gasteiger partial charge is 0.147 e. The van der Waals surface area contributed by atoms with E-state index in [0.29, 0.717) is 0 Å². The maximum absolute atomic E-state index is 3.47. The van der Waals surface area contributed by atoms with Gasteiger partial charge in [-0.25, -0.2) is 0 Å².